The Hall–Kier alpha value is -3.22. The van der Waals surface area contributed by atoms with Crippen molar-refractivity contribution in [2.75, 3.05) is 11.9 Å². The van der Waals surface area contributed by atoms with Gasteiger partial charge in [0.1, 0.15) is 0 Å². The highest BCUT2D eigenvalue weighted by Gasteiger charge is 2.08. The van der Waals surface area contributed by atoms with E-state index in [1.54, 1.807) is 0 Å². The average molecular weight is 407 g/mol. The molecule has 3 aromatic rings. The lowest BCUT2D eigenvalue weighted by atomic mass is 10.1. The average Bonchev–Trinajstić information content (AvgIpc) is 2.74. The van der Waals surface area contributed by atoms with Crippen molar-refractivity contribution in [3.63, 3.8) is 0 Å². The van der Waals surface area contributed by atoms with Gasteiger partial charge in [0, 0.05) is 24.1 Å². The number of amides is 1. The Morgan fingerprint density at radius 3 is 2.03 bits per heavy atom. The Balaban J connectivity index is 1.46. The van der Waals surface area contributed by atoms with Crippen molar-refractivity contribution in [3.8, 4) is 11.1 Å². The Kier molecular flexibility index (Phi) is 6.94. The van der Waals surface area contributed by atoms with E-state index in [1.807, 2.05) is 84.9 Å². The van der Waals surface area contributed by atoms with Crippen molar-refractivity contribution < 1.29 is 13.2 Å². The normalized spacial score (nSPS) is 11.4. The smallest absolute Gasteiger partial charge is 0.233 e. The van der Waals surface area contributed by atoms with Gasteiger partial charge in [0.05, 0.1) is 0 Å². The van der Waals surface area contributed by atoms with E-state index in [9.17, 15) is 13.2 Å². The van der Waals surface area contributed by atoms with E-state index in [2.05, 4.69) is 10.0 Å². The molecule has 0 aromatic heterocycles. The third-order valence-corrected chi connectivity index (χ3v) is 5.27. The van der Waals surface area contributed by atoms with Gasteiger partial charge in [0.2, 0.25) is 15.9 Å². The minimum Gasteiger partial charge on any atom is -0.326 e. The quantitative estimate of drug-likeness (QED) is 0.587. The molecule has 0 atom stereocenters. The predicted octanol–water partition coefficient (Wildman–Crippen LogP) is 4.27. The van der Waals surface area contributed by atoms with Gasteiger partial charge in [0.25, 0.3) is 0 Å². The van der Waals surface area contributed by atoms with Crippen LogP contribution in [0.25, 0.3) is 17.2 Å². The van der Waals surface area contributed by atoms with E-state index >= 15 is 0 Å². The zero-order chi connectivity index (χ0) is 20.5. The predicted molar refractivity (Wildman–Crippen MR) is 118 cm³/mol. The summed E-state index contributed by atoms with van der Waals surface area (Å²) < 4.78 is 26.4. The number of nitrogens with one attached hydrogen (secondary N) is 2. The Labute approximate surface area is 171 Å². The molecule has 0 aliphatic rings. The van der Waals surface area contributed by atoms with Crippen molar-refractivity contribution >= 4 is 27.7 Å². The molecule has 0 bridgehead atoms. The van der Waals surface area contributed by atoms with Crippen LogP contribution in [0.5, 0.6) is 0 Å². The van der Waals surface area contributed by atoms with Crippen molar-refractivity contribution in [3.05, 3.63) is 95.9 Å². The molecule has 0 fully saturated rings. The third-order valence-electron chi connectivity index (χ3n) is 4.17. The van der Waals surface area contributed by atoms with Crippen molar-refractivity contribution in [1.82, 2.24) is 4.72 Å². The SMILES string of the molecule is O=C(CCNS(=O)(=O)C=Cc1ccccc1)Nc1ccc(-c2ccccc2)cc1. The highest BCUT2D eigenvalue weighted by Crippen LogP contribution is 2.21. The molecular weight excluding hydrogens is 384 g/mol. The van der Waals surface area contributed by atoms with Crippen LogP contribution in [0.2, 0.25) is 0 Å². The summed E-state index contributed by atoms with van der Waals surface area (Å²) in [5.74, 6) is -0.257. The monoisotopic (exact) mass is 406 g/mol. The zero-order valence-corrected chi connectivity index (χ0v) is 16.6. The van der Waals surface area contributed by atoms with E-state index in [1.165, 1.54) is 6.08 Å². The summed E-state index contributed by atoms with van der Waals surface area (Å²) in [6.07, 6.45) is 1.55. The minimum atomic E-state index is -3.60. The molecule has 0 aliphatic heterocycles. The molecular formula is C23H22N2O3S. The molecule has 0 aliphatic carbocycles. The molecule has 148 valence electrons. The molecule has 0 heterocycles. The van der Waals surface area contributed by atoms with Crippen LogP contribution < -0.4 is 10.0 Å². The van der Waals surface area contributed by atoms with Crippen LogP contribution in [-0.2, 0) is 14.8 Å². The van der Waals surface area contributed by atoms with Gasteiger partial charge in [-0.1, -0.05) is 72.8 Å². The fourth-order valence-corrected chi connectivity index (χ4v) is 3.51. The lowest BCUT2D eigenvalue weighted by Crippen LogP contribution is -2.26. The van der Waals surface area contributed by atoms with Crippen LogP contribution in [0.1, 0.15) is 12.0 Å². The summed E-state index contributed by atoms with van der Waals surface area (Å²) >= 11 is 0. The van der Waals surface area contributed by atoms with Gasteiger partial charge >= 0.3 is 0 Å². The van der Waals surface area contributed by atoms with Gasteiger partial charge in [-0.3, -0.25) is 4.79 Å². The third kappa shape index (κ3) is 6.71. The molecule has 3 rings (SSSR count). The number of rotatable bonds is 8. The Morgan fingerprint density at radius 1 is 0.793 bits per heavy atom. The molecule has 3 aromatic carbocycles. The minimum absolute atomic E-state index is 0.0232. The number of hydrogen-bond acceptors (Lipinski definition) is 3. The summed E-state index contributed by atoms with van der Waals surface area (Å²) in [6.45, 7) is 0.0232. The van der Waals surface area contributed by atoms with E-state index in [-0.39, 0.29) is 18.9 Å². The van der Waals surface area contributed by atoms with Crippen LogP contribution in [-0.4, -0.2) is 20.9 Å². The summed E-state index contributed by atoms with van der Waals surface area (Å²) in [6, 6.07) is 26.6. The first-order valence-electron chi connectivity index (χ1n) is 9.20. The van der Waals surface area contributed by atoms with Crippen molar-refractivity contribution in [1.29, 1.82) is 0 Å². The largest absolute Gasteiger partial charge is 0.326 e. The summed E-state index contributed by atoms with van der Waals surface area (Å²) in [5, 5.41) is 3.87. The molecule has 5 nitrogen and oxygen atoms in total. The molecule has 0 saturated heterocycles. The first-order chi connectivity index (χ1) is 14.0. The van der Waals surface area contributed by atoms with Crippen LogP contribution in [0.3, 0.4) is 0 Å². The molecule has 2 N–H and O–H groups in total. The van der Waals surface area contributed by atoms with Gasteiger partial charge in [-0.05, 0) is 34.9 Å². The number of sulfonamides is 1. The number of carbonyl (C=O) groups is 1. The van der Waals surface area contributed by atoms with E-state index in [4.69, 9.17) is 0 Å². The van der Waals surface area contributed by atoms with Gasteiger partial charge < -0.3 is 5.32 Å². The number of benzene rings is 3. The molecule has 0 saturated carbocycles. The summed E-state index contributed by atoms with van der Waals surface area (Å²) in [7, 11) is -3.60. The molecule has 0 spiro atoms. The molecule has 0 unspecified atom stereocenters. The van der Waals surface area contributed by atoms with E-state index in [0.29, 0.717) is 5.69 Å². The van der Waals surface area contributed by atoms with Crippen LogP contribution in [0, 0.1) is 0 Å². The van der Waals surface area contributed by atoms with Crippen LogP contribution >= 0.6 is 0 Å². The van der Waals surface area contributed by atoms with Crippen molar-refractivity contribution in [2.45, 2.75) is 6.42 Å². The second-order valence-electron chi connectivity index (χ2n) is 6.39. The van der Waals surface area contributed by atoms with E-state index in [0.717, 1.165) is 22.1 Å². The second kappa shape index (κ2) is 9.82. The lowest BCUT2D eigenvalue weighted by Gasteiger charge is -2.07. The summed E-state index contributed by atoms with van der Waals surface area (Å²) in [4.78, 5) is 12.1. The fourth-order valence-electron chi connectivity index (χ4n) is 2.69. The fraction of sp³-hybridized carbons (Fsp3) is 0.0870. The molecule has 6 heteroatoms. The molecule has 1 amide bonds. The number of carbonyl (C=O) groups excluding carboxylic acids is 1. The highest BCUT2D eigenvalue weighted by molar-refractivity contribution is 7.92. The first-order valence-corrected chi connectivity index (χ1v) is 10.7. The van der Waals surface area contributed by atoms with E-state index < -0.39 is 10.0 Å². The highest BCUT2D eigenvalue weighted by atomic mass is 32.2. The maximum atomic E-state index is 12.1. The van der Waals surface area contributed by atoms with Gasteiger partial charge in [-0.25, -0.2) is 13.1 Å². The Bertz CT molecular complexity index is 1060. The number of anilines is 1. The maximum Gasteiger partial charge on any atom is 0.233 e. The summed E-state index contributed by atoms with van der Waals surface area (Å²) in [5.41, 5.74) is 3.61. The molecule has 0 radical (unpaired) electrons. The van der Waals surface area contributed by atoms with Crippen LogP contribution in [0.4, 0.5) is 5.69 Å². The topological polar surface area (TPSA) is 75.3 Å². The van der Waals surface area contributed by atoms with Gasteiger partial charge in [-0.2, -0.15) is 0 Å². The Morgan fingerprint density at radius 2 is 1.38 bits per heavy atom. The molecule has 29 heavy (non-hydrogen) atoms. The van der Waals surface area contributed by atoms with Gasteiger partial charge in [-0.15, -0.1) is 0 Å². The first kappa shape index (κ1) is 20.5. The van der Waals surface area contributed by atoms with Gasteiger partial charge in [0.15, 0.2) is 0 Å². The van der Waals surface area contributed by atoms with Crippen LogP contribution in [0.15, 0.2) is 90.3 Å². The second-order valence-corrected chi connectivity index (χ2v) is 8.05. The number of hydrogen-bond donors (Lipinski definition) is 2. The standard InChI is InChI=1S/C23H22N2O3S/c26-23(15-17-24-29(27,28)18-16-19-7-3-1-4-8-19)25-22-13-11-21(12-14-22)20-9-5-2-6-10-20/h1-14,16,18,24H,15,17H2,(H,25,26). The van der Waals surface area contributed by atoms with Crippen molar-refractivity contribution in [2.24, 2.45) is 0 Å². The maximum absolute atomic E-state index is 12.1. The lowest BCUT2D eigenvalue weighted by molar-refractivity contribution is -0.116. The zero-order valence-electron chi connectivity index (χ0n) is 15.8.